The molecule has 1 atom stereocenters. The number of hydrogen-bond acceptors (Lipinski definition) is 2. The fraction of sp³-hybridized carbons (Fsp3) is 0.407. The van der Waals surface area contributed by atoms with E-state index in [0.717, 1.165) is 28.5 Å². The molecule has 0 fully saturated rings. The molecule has 1 amide bonds. The van der Waals surface area contributed by atoms with E-state index in [2.05, 4.69) is 6.92 Å². The number of carbonyl (C=O) groups is 1. The molecular formula is C27H39ClN2O. The Hall–Kier alpha value is -2.39. The van der Waals surface area contributed by atoms with Crippen LogP contribution in [0.15, 0.2) is 54.6 Å². The fourth-order valence-corrected chi connectivity index (χ4v) is 3.05. The van der Waals surface area contributed by atoms with Crippen molar-refractivity contribution in [3.63, 3.8) is 0 Å². The smallest absolute Gasteiger partial charge is 0.272 e. The maximum atomic E-state index is 12.9. The van der Waals surface area contributed by atoms with E-state index in [4.69, 9.17) is 16.6 Å². The minimum absolute atomic E-state index is 0.0755. The Balaban J connectivity index is 0.00000138. The normalized spacial score (nSPS) is 10.4. The van der Waals surface area contributed by atoms with Gasteiger partial charge in [0.15, 0.2) is 0 Å². The first-order valence-electron chi connectivity index (χ1n) is 11.4. The average Bonchev–Trinajstić information content (AvgIpc) is 2.86. The van der Waals surface area contributed by atoms with E-state index in [-0.39, 0.29) is 11.9 Å². The molecule has 0 aliphatic carbocycles. The highest BCUT2D eigenvalue weighted by Gasteiger charge is 2.20. The fourth-order valence-electron chi connectivity index (χ4n) is 2.82. The minimum atomic E-state index is -0.0755. The van der Waals surface area contributed by atoms with Crippen molar-refractivity contribution in [2.45, 2.75) is 67.9 Å². The Morgan fingerprint density at radius 2 is 1.52 bits per heavy atom. The van der Waals surface area contributed by atoms with Gasteiger partial charge in [0.05, 0.1) is 5.69 Å². The van der Waals surface area contributed by atoms with Gasteiger partial charge >= 0.3 is 0 Å². The van der Waals surface area contributed by atoms with Crippen molar-refractivity contribution in [3.8, 4) is 11.3 Å². The summed E-state index contributed by atoms with van der Waals surface area (Å²) in [6.45, 7) is 16.1. The van der Waals surface area contributed by atoms with Crippen LogP contribution in [-0.2, 0) is 0 Å². The summed E-state index contributed by atoms with van der Waals surface area (Å²) < 4.78 is 0. The summed E-state index contributed by atoms with van der Waals surface area (Å²) in [5.41, 5.74) is 2.02. The Kier molecular flexibility index (Phi) is 14.2. The van der Waals surface area contributed by atoms with E-state index in [0.29, 0.717) is 10.7 Å². The summed E-state index contributed by atoms with van der Waals surface area (Å²) >= 11 is 6.39. The molecule has 0 N–H and O–H groups in total. The van der Waals surface area contributed by atoms with Crippen LogP contribution in [0.1, 0.15) is 72.3 Å². The van der Waals surface area contributed by atoms with Gasteiger partial charge in [-0.05, 0) is 30.9 Å². The zero-order valence-corrected chi connectivity index (χ0v) is 21.4. The predicted octanol–water partition coefficient (Wildman–Crippen LogP) is 8.50. The van der Waals surface area contributed by atoms with Gasteiger partial charge < -0.3 is 4.90 Å². The molecule has 1 heterocycles. The molecule has 3 rings (SSSR count). The largest absolute Gasteiger partial charge is 0.338 e. The molecule has 4 heteroatoms. The first kappa shape index (κ1) is 28.6. The van der Waals surface area contributed by atoms with Crippen LogP contribution in [0.3, 0.4) is 0 Å². The van der Waals surface area contributed by atoms with Crippen molar-refractivity contribution < 1.29 is 4.79 Å². The van der Waals surface area contributed by atoms with Crippen molar-refractivity contribution in [3.05, 3.63) is 65.3 Å². The molecule has 1 unspecified atom stereocenters. The number of rotatable bonds is 4. The topological polar surface area (TPSA) is 33.2 Å². The van der Waals surface area contributed by atoms with Gasteiger partial charge in [0.25, 0.3) is 5.91 Å². The van der Waals surface area contributed by atoms with Crippen molar-refractivity contribution in [1.29, 1.82) is 0 Å². The third-order valence-corrected chi connectivity index (χ3v) is 4.99. The van der Waals surface area contributed by atoms with E-state index in [1.165, 1.54) is 0 Å². The summed E-state index contributed by atoms with van der Waals surface area (Å²) in [4.78, 5) is 19.3. The number of fused-ring (bicyclic) bond motifs is 1. The average molecular weight is 443 g/mol. The van der Waals surface area contributed by atoms with Crippen LogP contribution in [0, 0.1) is 0 Å². The molecule has 0 aliphatic heterocycles. The molecule has 2 aromatic carbocycles. The molecule has 31 heavy (non-hydrogen) atoms. The highest BCUT2D eigenvalue weighted by Crippen LogP contribution is 2.32. The monoisotopic (exact) mass is 442 g/mol. The van der Waals surface area contributed by atoms with Gasteiger partial charge in [-0.1, -0.05) is 103 Å². The maximum absolute atomic E-state index is 12.9. The number of amides is 1. The van der Waals surface area contributed by atoms with Crippen molar-refractivity contribution in [1.82, 2.24) is 9.88 Å². The maximum Gasteiger partial charge on any atom is 0.272 e. The highest BCUT2D eigenvalue weighted by molar-refractivity contribution is 6.33. The van der Waals surface area contributed by atoms with Crippen LogP contribution < -0.4 is 0 Å². The molecule has 0 spiro atoms. The predicted molar refractivity (Wildman–Crippen MR) is 138 cm³/mol. The summed E-state index contributed by atoms with van der Waals surface area (Å²) in [6.07, 6.45) is 0.896. The first-order chi connectivity index (χ1) is 15.0. The van der Waals surface area contributed by atoms with Crippen LogP contribution in [0.25, 0.3) is 22.0 Å². The molecule has 3 nitrogen and oxygen atoms in total. The number of nitrogens with zero attached hydrogens (tertiary/aromatic N) is 2. The van der Waals surface area contributed by atoms with Gasteiger partial charge in [-0.2, -0.15) is 0 Å². The van der Waals surface area contributed by atoms with Gasteiger partial charge in [-0.25, -0.2) is 4.98 Å². The number of pyridine rings is 1. The SMILES string of the molecule is CC.CC.CC.CCC(C)N(C)C(=O)c1cc2ccccc2c(-c2ccccc2Cl)n1. The van der Waals surface area contributed by atoms with E-state index < -0.39 is 0 Å². The quantitative estimate of drug-likeness (QED) is 0.405. The van der Waals surface area contributed by atoms with E-state index >= 15 is 0 Å². The lowest BCUT2D eigenvalue weighted by molar-refractivity contribution is 0.0735. The summed E-state index contributed by atoms with van der Waals surface area (Å²) in [7, 11) is 1.82. The second kappa shape index (κ2) is 15.4. The van der Waals surface area contributed by atoms with Gasteiger partial charge in [-0.15, -0.1) is 0 Å². The van der Waals surface area contributed by atoms with Crippen molar-refractivity contribution in [2.75, 3.05) is 7.05 Å². The standard InChI is InChI=1S/C21H21ClN2O.3C2H6/c1-4-14(2)24(3)21(25)19-13-15-9-5-6-10-16(15)20(23-19)17-11-7-8-12-18(17)22;3*1-2/h5-14H,4H2,1-3H3;3*1-2H3. The molecule has 3 aromatic rings. The Labute approximate surface area is 194 Å². The number of carbonyl (C=O) groups excluding carboxylic acids is 1. The number of aromatic nitrogens is 1. The van der Waals surface area contributed by atoms with Gasteiger partial charge in [0.1, 0.15) is 5.69 Å². The molecule has 0 aliphatic rings. The van der Waals surface area contributed by atoms with Crippen LogP contribution >= 0.6 is 11.6 Å². The van der Waals surface area contributed by atoms with Gasteiger partial charge in [-0.3, -0.25) is 4.79 Å². The van der Waals surface area contributed by atoms with Crippen LogP contribution in [0.2, 0.25) is 5.02 Å². The summed E-state index contributed by atoms with van der Waals surface area (Å²) in [5.74, 6) is -0.0755. The third-order valence-electron chi connectivity index (χ3n) is 4.66. The highest BCUT2D eigenvalue weighted by atomic mass is 35.5. The lowest BCUT2D eigenvalue weighted by Crippen LogP contribution is -2.35. The summed E-state index contributed by atoms with van der Waals surface area (Å²) in [5, 5.41) is 2.59. The number of benzene rings is 2. The zero-order valence-electron chi connectivity index (χ0n) is 20.7. The van der Waals surface area contributed by atoms with Gasteiger partial charge in [0.2, 0.25) is 0 Å². The number of halogens is 1. The minimum Gasteiger partial charge on any atom is -0.338 e. The lowest BCUT2D eigenvalue weighted by Gasteiger charge is -2.24. The van der Waals surface area contributed by atoms with E-state index in [9.17, 15) is 4.79 Å². The molecule has 170 valence electrons. The molecule has 0 bridgehead atoms. The third kappa shape index (κ3) is 7.36. The van der Waals surface area contributed by atoms with E-state index in [1.807, 2.05) is 110 Å². The number of hydrogen-bond donors (Lipinski definition) is 0. The van der Waals surface area contributed by atoms with Crippen molar-refractivity contribution >= 4 is 28.3 Å². The lowest BCUT2D eigenvalue weighted by atomic mass is 10.0. The Morgan fingerprint density at radius 3 is 2.10 bits per heavy atom. The molecule has 1 aromatic heterocycles. The van der Waals surface area contributed by atoms with Crippen LogP contribution in [0.5, 0.6) is 0 Å². The van der Waals surface area contributed by atoms with Crippen molar-refractivity contribution in [2.24, 2.45) is 0 Å². The first-order valence-corrected chi connectivity index (χ1v) is 11.8. The molecule has 0 saturated heterocycles. The second-order valence-electron chi connectivity index (χ2n) is 6.23. The Morgan fingerprint density at radius 1 is 0.968 bits per heavy atom. The molecular weight excluding hydrogens is 404 g/mol. The van der Waals surface area contributed by atoms with E-state index in [1.54, 1.807) is 4.90 Å². The summed E-state index contributed by atoms with van der Waals surface area (Å²) in [6, 6.07) is 17.5. The van der Waals surface area contributed by atoms with Crippen LogP contribution in [0.4, 0.5) is 0 Å². The molecule has 0 saturated carbocycles. The van der Waals surface area contributed by atoms with Gasteiger partial charge in [0, 0.05) is 29.1 Å². The van der Waals surface area contributed by atoms with Crippen LogP contribution in [-0.4, -0.2) is 28.9 Å². The molecule has 0 radical (unpaired) electrons. The second-order valence-corrected chi connectivity index (χ2v) is 6.64. The Bertz CT molecular complexity index is 924. The zero-order chi connectivity index (χ0) is 24.0.